The van der Waals surface area contributed by atoms with Crippen LogP contribution in [-0.4, -0.2) is 12.3 Å². The molecule has 2 N–H and O–H groups in total. The second-order valence-corrected chi connectivity index (χ2v) is 4.19. The molecule has 4 heteroatoms. The van der Waals surface area contributed by atoms with Gasteiger partial charge in [-0.2, -0.15) is 0 Å². The average molecular weight is 225 g/mol. The molecule has 1 aromatic carbocycles. The fourth-order valence-corrected chi connectivity index (χ4v) is 2.36. The number of thioether (sulfide) groups is 1. The van der Waals surface area contributed by atoms with E-state index >= 15 is 0 Å². The summed E-state index contributed by atoms with van der Waals surface area (Å²) in [6.45, 7) is 4.34. The molecule has 0 aromatic heterocycles. The van der Waals surface area contributed by atoms with E-state index in [1.54, 1.807) is 11.8 Å². The van der Waals surface area contributed by atoms with E-state index < -0.39 is 6.09 Å². The first-order valence-corrected chi connectivity index (χ1v) is 5.83. The molecule has 0 heterocycles. The molecule has 0 saturated carbocycles. The third-order valence-corrected chi connectivity index (χ3v) is 3.16. The van der Waals surface area contributed by atoms with Gasteiger partial charge >= 0.3 is 6.09 Å². The summed E-state index contributed by atoms with van der Waals surface area (Å²) in [4.78, 5) is 11.7. The van der Waals surface area contributed by atoms with Crippen LogP contribution in [0.3, 0.4) is 0 Å². The van der Waals surface area contributed by atoms with Gasteiger partial charge < -0.3 is 10.5 Å². The minimum Gasteiger partial charge on any atom is -0.445 e. The first kappa shape index (κ1) is 11.9. The van der Waals surface area contributed by atoms with Gasteiger partial charge in [0, 0.05) is 4.90 Å². The summed E-state index contributed by atoms with van der Waals surface area (Å²) in [5.74, 6) is 0. The van der Waals surface area contributed by atoms with Gasteiger partial charge in [-0.1, -0.05) is 12.1 Å². The van der Waals surface area contributed by atoms with E-state index in [1.807, 2.05) is 26.0 Å². The number of carbonyl (C=O) groups excluding carboxylic acids is 1. The fourth-order valence-electron chi connectivity index (χ4n) is 1.60. The van der Waals surface area contributed by atoms with Crippen LogP contribution in [0.1, 0.15) is 16.7 Å². The van der Waals surface area contributed by atoms with Crippen LogP contribution < -0.4 is 5.73 Å². The molecule has 1 aromatic rings. The zero-order valence-electron chi connectivity index (χ0n) is 9.16. The summed E-state index contributed by atoms with van der Waals surface area (Å²) < 4.78 is 4.74. The van der Waals surface area contributed by atoms with Gasteiger partial charge in [0.2, 0.25) is 0 Å². The minimum absolute atomic E-state index is 0.242. The van der Waals surface area contributed by atoms with Gasteiger partial charge in [0.15, 0.2) is 0 Å². The Balaban J connectivity index is 2.88. The maximum atomic E-state index is 10.5. The molecule has 0 unspecified atom stereocenters. The highest BCUT2D eigenvalue weighted by molar-refractivity contribution is 7.98. The molecular weight excluding hydrogens is 210 g/mol. The number of ether oxygens (including phenoxy) is 1. The van der Waals surface area contributed by atoms with E-state index in [2.05, 4.69) is 6.26 Å². The van der Waals surface area contributed by atoms with Crippen LogP contribution in [0.5, 0.6) is 0 Å². The Kier molecular flexibility index (Phi) is 4.03. The van der Waals surface area contributed by atoms with Crippen LogP contribution in [0.25, 0.3) is 0 Å². The maximum Gasteiger partial charge on any atom is 0.404 e. The molecule has 0 spiro atoms. The molecule has 1 rings (SSSR count). The monoisotopic (exact) mass is 225 g/mol. The van der Waals surface area contributed by atoms with Crippen molar-refractivity contribution in [3.8, 4) is 0 Å². The van der Waals surface area contributed by atoms with Crippen molar-refractivity contribution in [3.63, 3.8) is 0 Å². The molecule has 0 aliphatic carbocycles. The van der Waals surface area contributed by atoms with Crippen molar-refractivity contribution in [1.82, 2.24) is 0 Å². The molecule has 0 atom stereocenters. The molecule has 15 heavy (non-hydrogen) atoms. The molecule has 0 bridgehead atoms. The highest BCUT2D eigenvalue weighted by atomic mass is 32.2. The fraction of sp³-hybridized carbons (Fsp3) is 0.364. The van der Waals surface area contributed by atoms with Crippen molar-refractivity contribution in [1.29, 1.82) is 0 Å². The second kappa shape index (κ2) is 5.07. The van der Waals surface area contributed by atoms with Crippen molar-refractivity contribution >= 4 is 17.9 Å². The van der Waals surface area contributed by atoms with Crippen molar-refractivity contribution in [3.05, 3.63) is 28.8 Å². The van der Waals surface area contributed by atoms with Gasteiger partial charge in [-0.25, -0.2) is 4.79 Å². The smallest absolute Gasteiger partial charge is 0.404 e. The zero-order valence-corrected chi connectivity index (χ0v) is 9.98. The third kappa shape index (κ3) is 3.16. The normalized spacial score (nSPS) is 10.1. The van der Waals surface area contributed by atoms with Crippen LogP contribution in [0.4, 0.5) is 4.79 Å². The summed E-state index contributed by atoms with van der Waals surface area (Å²) in [6, 6.07) is 4.03. The van der Waals surface area contributed by atoms with Gasteiger partial charge in [-0.3, -0.25) is 0 Å². The van der Waals surface area contributed by atoms with Gasteiger partial charge in [-0.15, -0.1) is 11.8 Å². The second-order valence-electron chi connectivity index (χ2n) is 3.37. The Morgan fingerprint density at radius 3 is 2.33 bits per heavy atom. The number of carbonyl (C=O) groups is 1. The summed E-state index contributed by atoms with van der Waals surface area (Å²) in [6.07, 6.45) is 1.31. The molecule has 0 fully saturated rings. The van der Waals surface area contributed by atoms with Crippen molar-refractivity contribution in [2.45, 2.75) is 25.3 Å². The van der Waals surface area contributed by atoms with Crippen molar-refractivity contribution in [2.24, 2.45) is 5.73 Å². The van der Waals surface area contributed by atoms with Crippen LogP contribution in [-0.2, 0) is 11.3 Å². The lowest BCUT2D eigenvalue weighted by Gasteiger charge is -2.10. The molecule has 0 aliphatic rings. The van der Waals surface area contributed by atoms with Crippen LogP contribution in [0, 0.1) is 13.8 Å². The largest absolute Gasteiger partial charge is 0.445 e. The molecule has 0 radical (unpaired) electrons. The predicted molar refractivity (Wildman–Crippen MR) is 62.1 cm³/mol. The number of benzene rings is 1. The highest BCUT2D eigenvalue weighted by Crippen LogP contribution is 2.25. The lowest BCUT2D eigenvalue weighted by molar-refractivity contribution is 0.150. The first-order chi connectivity index (χ1) is 7.04. The van der Waals surface area contributed by atoms with Gasteiger partial charge in [-0.05, 0) is 36.8 Å². The van der Waals surface area contributed by atoms with Crippen LogP contribution in [0.2, 0.25) is 0 Å². The number of primary amides is 1. The number of amides is 1. The molecule has 1 amide bonds. The topological polar surface area (TPSA) is 52.3 Å². The Morgan fingerprint density at radius 1 is 1.40 bits per heavy atom. The molecule has 82 valence electrons. The third-order valence-electron chi connectivity index (χ3n) is 2.11. The average Bonchev–Trinajstić information content (AvgIpc) is 2.14. The zero-order chi connectivity index (χ0) is 11.4. The Bertz CT molecular complexity index is 354. The number of rotatable bonds is 3. The van der Waals surface area contributed by atoms with Crippen LogP contribution >= 0.6 is 11.8 Å². The number of hydrogen-bond donors (Lipinski definition) is 1. The first-order valence-electron chi connectivity index (χ1n) is 4.61. The predicted octanol–water partition coefficient (Wildman–Crippen LogP) is 2.62. The SMILES string of the molecule is CSc1c(C)cc(COC(N)=O)cc1C. The Hall–Kier alpha value is -1.16. The van der Waals surface area contributed by atoms with Gasteiger partial charge in [0.1, 0.15) is 6.61 Å². The van der Waals surface area contributed by atoms with Crippen molar-refractivity contribution in [2.75, 3.05) is 6.26 Å². The van der Waals surface area contributed by atoms with E-state index in [0.717, 1.165) is 5.56 Å². The lowest BCUT2D eigenvalue weighted by Crippen LogP contribution is -2.12. The number of nitrogens with two attached hydrogens (primary N) is 1. The van der Waals surface area contributed by atoms with Crippen LogP contribution in [0.15, 0.2) is 17.0 Å². The summed E-state index contributed by atoms with van der Waals surface area (Å²) >= 11 is 1.72. The minimum atomic E-state index is -0.737. The maximum absolute atomic E-state index is 10.5. The summed E-state index contributed by atoms with van der Waals surface area (Å²) in [5.41, 5.74) is 8.28. The number of hydrogen-bond acceptors (Lipinski definition) is 3. The number of aryl methyl sites for hydroxylation is 2. The summed E-state index contributed by atoms with van der Waals surface area (Å²) in [7, 11) is 0. The summed E-state index contributed by atoms with van der Waals surface area (Å²) in [5, 5.41) is 0. The van der Waals surface area contributed by atoms with E-state index in [4.69, 9.17) is 10.5 Å². The Morgan fingerprint density at radius 2 is 1.93 bits per heavy atom. The van der Waals surface area contributed by atoms with Crippen molar-refractivity contribution < 1.29 is 9.53 Å². The molecule has 0 aliphatic heterocycles. The van der Waals surface area contributed by atoms with Gasteiger partial charge in [0.25, 0.3) is 0 Å². The lowest BCUT2D eigenvalue weighted by atomic mass is 10.1. The molecule has 3 nitrogen and oxygen atoms in total. The van der Waals surface area contributed by atoms with E-state index in [1.165, 1.54) is 16.0 Å². The standard InChI is InChI=1S/C11H15NO2S/c1-7-4-9(6-14-11(12)13)5-8(2)10(7)15-3/h4-5H,6H2,1-3H3,(H2,12,13). The van der Waals surface area contributed by atoms with E-state index in [0.29, 0.717) is 0 Å². The molecular formula is C11H15NO2S. The quantitative estimate of drug-likeness (QED) is 0.804. The van der Waals surface area contributed by atoms with E-state index in [9.17, 15) is 4.79 Å². The van der Waals surface area contributed by atoms with E-state index in [-0.39, 0.29) is 6.61 Å². The molecule has 0 saturated heterocycles. The highest BCUT2D eigenvalue weighted by Gasteiger charge is 2.05. The Labute approximate surface area is 94.0 Å². The van der Waals surface area contributed by atoms with Gasteiger partial charge in [0.05, 0.1) is 0 Å².